The number of carbonyl (C=O) groups excluding carboxylic acids is 1. The number of rotatable bonds is 5. The first-order valence-electron chi connectivity index (χ1n) is 6.90. The van der Waals surface area contributed by atoms with Crippen LogP contribution in [0.25, 0.3) is 0 Å². The van der Waals surface area contributed by atoms with E-state index in [0.29, 0.717) is 26.1 Å². The Bertz CT molecular complexity index is 541. The Labute approximate surface area is 144 Å². The number of benzene rings is 1. The van der Waals surface area contributed by atoms with Crippen molar-refractivity contribution in [3.8, 4) is 0 Å². The molecule has 1 amide bonds. The largest absolute Gasteiger partial charge is 0.481 e. The van der Waals surface area contributed by atoms with E-state index in [0.717, 1.165) is 10.0 Å². The Kier molecular flexibility index (Phi) is 7.32. The third-order valence-electron chi connectivity index (χ3n) is 3.77. The molecule has 1 N–H and O–H groups in total. The summed E-state index contributed by atoms with van der Waals surface area (Å²) < 4.78 is 0.983. The van der Waals surface area contributed by atoms with Gasteiger partial charge >= 0.3 is 5.97 Å². The van der Waals surface area contributed by atoms with Crippen LogP contribution in [0.1, 0.15) is 12.0 Å². The first-order valence-corrected chi connectivity index (χ1v) is 7.69. The average molecular weight is 392 g/mol. The molecule has 1 atom stereocenters. The highest BCUT2D eigenvalue weighted by Crippen LogP contribution is 2.18. The highest BCUT2D eigenvalue weighted by atomic mass is 79.9. The fourth-order valence-corrected chi connectivity index (χ4v) is 2.87. The van der Waals surface area contributed by atoms with Crippen molar-refractivity contribution in [2.75, 3.05) is 26.7 Å². The smallest absolute Gasteiger partial charge is 0.307 e. The number of hydrogen-bond acceptors (Lipinski definition) is 3. The molecule has 0 bridgehead atoms. The van der Waals surface area contributed by atoms with Crippen LogP contribution in [0.15, 0.2) is 28.7 Å². The predicted molar refractivity (Wildman–Crippen MR) is 90.0 cm³/mol. The molecule has 1 heterocycles. The van der Waals surface area contributed by atoms with E-state index in [9.17, 15) is 9.59 Å². The van der Waals surface area contributed by atoms with Crippen molar-refractivity contribution in [3.05, 3.63) is 34.3 Å². The fraction of sp³-hybridized carbons (Fsp3) is 0.467. The van der Waals surface area contributed by atoms with E-state index in [2.05, 4.69) is 15.9 Å². The molecule has 0 aliphatic carbocycles. The van der Waals surface area contributed by atoms with Crippen molar-refractivity contribution in [2.45, 2.75) is 13.0 Å². The zero-order valence-corrected chi connectivity index (χ0v) is 14.8. The summed E-state index contributed by atoms with van der Waals surface area (Å²) >= 11 is 3.47. The molecule has 0 saturated carbocycles. The summed E-state index contributed by atoms with van der Waals surface area (Å²) in [5.41, 5.74) is 1.05. The molecule has 1 aromatic carbocycles. The van der Waals surface area contributed by atoms with Gasteiger partial charge in [0.1, 0.15) is 0 Å². The normalized spacial score (nSPS) is 17.8. The molecule has 1 unspecified atom stereocenters. The lowest BCUT2D eigenvalue weighted by molar-refractivity contribution is -0.141. The second kappa shape index (κ2) is 8.50. The fourth-order valence-electron chi connectivity index (χ4n) is 2.46. The van der Waals surface area contributed by atoms with Gasteiger partial charge in [-0.25, -0.2) is 0 Å². The summed E-state index contributed by atoms with van der Waals surface area (Å²) in [6.45, 7) is 1.96. The molecule has 1 saturated heterocycles. The zero-order chi connectivity index (χ0) is 15.4. The topological polar surface area (TPSA) is 60.9 Å². The van der Waals surface area contributed by atoms with Gasteiger partial charge in [-0.2, -0.15) is 0 Å². The lowest BCUT2D eigenvalue weighted by Crippen LogP contribution is -2.37. The lowest BCUT2D eigenvalue weighted by Gasteiger charge is -2.22. The Hall–Kier alpha value is -1.11. The maximum atomic E-state index is 12.2. The number of carbonyl (C=O) groups is 2. The third-order valence-corrected chi connectivity index (χ3v) is 4.55. The molecule has 22 heavy (non-hydrogen) atoms. The molecule has 0 spiro atoms. The highest BCUT2D eigenvalue weighted by Gasteiger charge is 2.29. The zero-order valence-electron chi connectivity index (χ0n) is 12.4. The van der Waals surface area contributed by atoms with E-state index in [1.807, 2.05) is 29.2 Å². The number of likely N-dealkylation sites (tertiary alicyclic amines) is 1. The lowest BCUT2D eigenvalue weighted by atomic mass is 10.1. The molecule has 1 aliphatic heterocycles. The van der Waals surface area contributed by atoms with Crippen LogP contribution in [0, 0.1) is 5.92 Å². The molecule has 0 aromatic heterocycles. The molecule has 1 aromatic rings. The molecule has 2 rings (SSSR count). The van der Waals surface area contributed by atoms with Gasteiger partial charge in [-0.3, -0.25) is 14.5 Å². The minimum Gasteiger partial charge on any atom is -0.481 e. The van der Waals surface area contributed by atoms with Gasteiger partial charge in [0.15, 0.2) is 0 Å². The van der Waals surface area contributed by atoms with Crippen LogP contribution in [0.5, 0.6) is 0 Å². The Morgan fingerprint density at radius 1 is 1.41 bits per heavy atom. The quantitative estimate of drug-likeness (QED) is 0.836. The van der Waals surface area contributed by atoms with Gasteiger partial charge < -0.3 is 10.0 Å². The monoisotopic (exact) mass is 390 g/mol. The van der Waals surface area contributed by atoms with Crippen molar-refractivity contribution in [1.29, 1.82) is 0 Å². The molecule has 0 radical (unpaired) electrons. The highest BCUT2D eigenvalue weighted by molar-refractivity contribution is 9.10. The SMILES string of the molecule is CN(Cc1ccccc1Br)C(=O)CN1CCC(C(=O)O)C1.Cl. The summed E-state index contributed by atoms with van der Waals surface area (Å²) in [4.78, 5) is 26.7. The minimum absolute atomic E-state index is 0. The molecular formula is C15H20BrClN2O3. The Morgan fingerprint density at radius 2 is 2.09 bits per heavy atom. The van der Waals surface area contributed by atoms with E-state index < -0.39 is 5.97 Å². The molecule has 1 fully saturated rings. The number of likely N-dealkylation sites (N-methyl/N-ethyl adjacent to an activating group) is 1. The van der Waals surface area contributed by atoms with Gasteiger partial charge in [0.05, 0.1) is 12.5 Å². The number of carboxylic acid groups (broad SMARTS) is 1. The van der Waals surface area contributed by atoms with Crippen LogP contribution in [-0.4, -0.2) is 53.5 Å². The van der Waals surface area contributed by atoms with Crippen LogP contribution < -0.4 is 0 Å². The molecule has 1 aliphatic rings. The van der Waals surface area contributed by atoms with E-state index >= 15 is 0 Å². The predicted octanol–water partition coefficient (Wildman–Crippen LogP) is 2.24. The summed E-state index contributed by atoms with van der Waals surface area (Å²) in [7, 11) is 1.77. The Morgan fingerprint density at radius 3 is 2.68 bits per heavy atom. The summed E-state index contributed by atoms with van der Waals surface area (Å²) in [5, 5.41) is 8.97. The number of carboxylic acids is 1. The number of hydrogen-bond donors (Lipinski definition) is 1. The van der Waals surface area contributed by atoms with Gasteiger partial charge in [0.2, 0.25) is 5.91 Å². The third kappa shape index (κ3) is 4.97. The molecule has 5 nitrogen and oxygen atoms in total. The second-order valence-corrected chi connectivity index (χ2v) is 6.25. The van der Waals surface area contributed by atoms with E-state index in [1.54, 1.807) is 11.9 Å². The standard InChI is InChI=1S/C15H19BrN2O3.ClH/c1-17(8-11-4-2-3-5-13(11)16)14(19)10-18-7-6-12(9-18)15(20)21;/h2-5,12H,6-10H2,1H3,(H,20,21);1H. The summed E-state index contributed by atoms with van der Waals surface area (Å²) in [6, 6.07) is 7.80. The van der Waals surface area contributed by atoms with Crippen LogP contribution in [0.2, 0.25) is 0 Å². The maximum absolute atomic E-state index is 12.2. The van der Waals surface area contributed by atoms with Crippen molar-refractivity contribution in [1.82, 2.24) is 9.80 Å². The Balaban J connectivity index is 0.00000242. The maximum Gasteiger partial charge on any atom is 0.307 e. The molecular weight excluding hydrogens is 372 g/mol. The summed E-state index contributed by atoms with van der Waals surface area (Å²) in [6.07, 6.45) is 0.622. The van der Waals surface area contributed by atoms with Gasteiger partial charge in [0, 0.05) is 24.6 Å². The average Bonchev–Trinajstić information content (AvgIpc) is 2.90. The number of nitrogens with zero attached hydrogens (tertiary/aromatic N) is 2. The van der Waals surface area contributed by atoms with Gasteiger partial charge in [-0.15, -0.1) is 12.4 Å². The van der Waals surface area contributed by atoms with E-state index in [4.69, 9.17) is 5.11 Å². The van der Waals surface area contributed by atoms with Crippen molar-refractivity contribution < 1.29 is 14.7 Å². The van der Waals surface area contributed by atoms with Gasteiger partial charge in [-0.05, 0) is 24.6 Å². The number of amides is 1. The van der Waals surface area contributed by atoms with E-state index in [1.165, 1.54) is 0 Å². The summed E-state index contributed by atoms with van der Waals surface area (Å²) in [5.74, 6) is -1.10. The van der Waals surface area contributed by atoms with Gasteiger partial charge in [-0.1, -0.05) is 34.1 Å². The number of halogens is 2. The van der Waals surface area contributed by atoms with Crippen molar-refractivity contribution in [2.24, 2.45) is 5.92 Å². The van der Waals surface area contributed by atoms with Crippen molar-refractivity contribution >= 4 is 40.2 Å². The van der Waals surface area contributed by atoms with E-state index in [-0.39, 0.29) is 30.8 Å². The minimum atomic E-state index is -0.772. The van der Waals surface area contributed by atoms with Crippen LogP contribution in [0.3, 0.4) is 0 Å². The van der Waals surface area contributed by atoms with Crippen LogP contribution >= 0.6 is 28.3 Å². The molecule has 122 valence electrons. The van der Waals surface area contributed by atoms with Crippen LogP contribution in [-0.2, 0) is 16.1 Å². The second-order valence-electron chi connectivity index (χ2n) is 5.40. The van der Waals surface area contributed by atoms with Crippen molar-refractivity contribution in [3.63, 3.8) is 0 Å². The number of aliphatic carboxylic acids is 1. The first kappa shape index (κ1) is 18.9. The first-order chi connectivity index (χ1) is 9.97. The van der Waals surface area contributed by atoms with Crippen LogP contribution in [0.4, 0.5) is 0 Å². The van der Waals surface area contributed by atoms with Gasteiger partial charge in [0.25, 0.3) is 0 Å². The molecule has 7 heteroatoms.